The Morgan fingerprint density at radius 1 is 1.16 bits per heavy atom. The maximum Gasteiger partial charge on any atom is 0.148 e. The summed E-state index contributed by atoms with van der Waals surface area (Å²) < 4.78 is 28.3. The summed E-state index contributed by atoms with van der Waals surface area (Å²) in [5.74, 6) is -1.10. The van der Waals surface area contributed by atoms with Gasteiger partial charge in [-0.05, 0) is 35.0 Å². The zero-order valence-corrected chi connectivity index (χ0v) is 12.4. The fourth-order valence-electron chi connectivity index (χ4n) is 1.85. The number of aryl methyl sites for hydroxylation is 1. The molecule has 2 aromatic rings. The van der Waals surface area contributed by atoms with Crippen molar-refractivity contribution in [1.29, 1.82) is 0 Å². The lowest BCUT2D eigenvalue weighted by atomic mass is 9.97. The number of benzene rings is 2. The van der Waals surface area contributed by atoms with E-state index >= 15 is 0 Å². The predicted molar refractivity (Wildman–Crippen MR) is 76.3 cm³/mol. The van der Waals surface area contributed by atoms with Crippen LogP contribution in [-0.4, -0.2) is 0 Å². The van der Waals surface area contributed by atoms with Crippen molar-refractivity contribution in [3.8, 4) is 0 Å². The first-order valence-corrected chi connectivity index (χ1v) is 6.74. The smallest absolute Gasteiger partial charge is 0.148 e. The lowest BCUT2D eigenvalue weighted by molar-refractivity contribution is 0.575. The molecule has 2 rings (SSSR count). The molecule has 1 nitrogen and oxygen atoms in total. The molecule has 2 aromatic carbocycles. The van der Waals surface area contributed by atoms with Gasteiger partial charge in [0, 0.05) is 15.6 Å². The third-order valence-corrected chi connectivity index (χ3v) is 4.15. The average molecular weight is 347 g/mol. The maximum absolute atomic E-state index is 14.1. The summed E-state index contributed by atoms with van der Waals surface area (Å²) in [5, 5.41) is -0.0546. The van der Waals surface area contributed by atoms with Crippen LogP contribution >= 0.6 is 27.5 Å². The number of hydrogen-bond donors (Lipinski definition) is 1. The van der Waals surface area contributed by atoms with Crippen molar-refractivity contribution in [3.05, 3.63) is 68.2 Å². The van der Waals surface area contributed by atoms with Crippen molar-refractivity contribution in [2.75, 3.05) is 0 Å². The van der Waals surface area contributed by atoms with Crippen LogP contribution in [0.5, 0.6) is 0 Å². The van der Waals surface area contributed by atoms with Gasteiger partial charge in [0.15, 0.2) is 0 Å². The van der Waals surface area contributed by atoms with Gasteiger partial charge in [0.2, 0.25) is 0 Å². The van der Waals surface area contributed by atoms with Crippen LogP contribution in [0.4, 0.5) is 8.78 Å². The van der Waals surface area contributed by atoms with Gasteiger partial charge in [-0.2, -0.15) is 0 Å². The molecule has 0 radical (unpaired) electrons. The second-order valence-corrected chi connectivity index (χ2v) is 5.50. The lowest BCUT2D eigenvalue weighted by Crippen LogP contribution is -2.15. The molecule has 0 fully saturated rings. The molecular weight excluding hydrogens is 336 g/mol. The van der Waals surface area contributed by atoms with Gasteiger partial charge in [-0.1, -0.05) is 35.4 Å². The summed E-state index contributed by atoms with van der Waals surface area (Å²) in [5.41, 5.74) is 7.22. The number of nitrogens with two attached hydrogens (primary N) is 1. The molecule has 0 saturated heterocycles. The maximum atomic E-state index is 14.1. The third kappa shape index (κ3) is 2.81. The molecule has 19 heavy (non-hydrogen) atoms. The fourth-order valence-corrected chi connectivity index (χ4v) is 2.33. The largest absolute Gasteiger partial charge is 0.320 e. The molecule has 0 bridgehead atoms. The van der Waals surface area contributed by atoms with Gasteiger partial charge in [0.05, 0.1) is 11.1 Å². The molecule has 0 aliphatic carbocycles. The van der Waals surface area contributed by atoms with Crippen LogP contribution in [0.1, 0.15) is 22.7 Å². The molecule has 0 heterocycles. The van der Waals surface area contributed by atoms with Crippen LogP contribution in [0.25, 0.3) is 0 Å². The summed E-state index contributed by atoms with van der Waals surface area (Å²) in [4.78, 5) is 0. The van der Waals surface area contributed by atoms with Crippen molar-refractivity contribution in [2.45, 2.75) is 13.0 Å². The standard InChI is InChI=1S/C14H11BrClF2N/c1-7-2-5-11(17)9(6-7)14(19)8-3-4-10(15)12(16)13(8)18/h2-6,14H,19H2,1H3. The Kier molecular flexibility index (Phi) is 4.23. The second-order valence-electron chi connectivity index (χ2n) is 4.27. The van der Waals surface area contributed by atoms with Crippen molar-refractivity contribution in [1.82, 2.24) is 0 Å². The SMILES string of the molecule is Cc1ccc(F)c(C(N)c2ccc(Br)c(Cl)c2F)c1. The van der Waals surface area contributed by atoms with E-state index in [1.165, 1.54) is 12.1 Å². The molecule has 0 aliphatic rings. The Hall–Kier alpha value is -0.970. The molecule has 100 valence electrons. The quantitative estimate of drug-likeness (QED) is 0.781. The number of rotatable bonds is 2. The Morgan fingerprint density at radius 2 is 1.84 bits per heavy atom. The second kappa shape index (κ2) is 5.57. The van der Waals surface area contributed by atoms with Gasteiger partial charge in [-0.25, -0.2) is 8.78 Å². The number of hydrogen-bond acceptors (Lipinski definition) is 1. The molecule has 0 spiro atoms. The summed E-state index contributed by atoms with van der Waals surface area (Å²) in [6, 6.07) is 6.76. The van der Waals surface area contributed by atoms with Gasteiger partial charge in [-0.3, -0.25) is 0 Å². The van der Waals surface area contributed by atoms with Crippen LogP contribution in [0.2, 0.25) is 5.02 Å². The van der Waals surface area contributed by atoms with Gasteiger partial charge < -0.3 is 5.73 Å². The third-order valence-electron chi connectivity index (χ3n) is 2.89. The first-order valence-electron chi connectivity index (χ1n) is 5.57. The van der Waals surface area contributed by atoms with Crippen LogP contribution in [0, 0.1) is 18.6 Å². The fraction of sp³-hybridized carbons (Fsp3) is 0.143. The zero-order chi connectivity index (χ0) is 14.2. The Balaban J connectivity index is 2.53. The Labute approximate surface area is 123 Å². The van der Waals surface area contributed by atoms with Crippen LogP contribution < -0.4 is 5.73 Å². The van der Waals surface area contributed by atoms with Crippen molar-refractivity contribution >= 4 is 27.5 Å². The molecule has 0 aliphatic heterocycles. The minimum atomic E-state index is -0.898. The minimum Gasteiger partial charge on any atom is -0.320 e. The monoisotopic (exact) mass is 345 g/mol. The minimum absolute atomic E-state index is 0.0546. The van der Waals surface area contributed by atoms with E-state index in [2.05, 4.69) is 15.9 Å². The van der Waals surface area contributed by atoms with E-state index in [0.717, 1.165) is 5.56 Å². The van der Waals surface area contributed by atoms with E-state index in [1.54, 1.807) is 18.2 Å². The highest BCUT2D eigenvalue weighted by Crippen LogP contribution is 2.32. The highest BCUT2D eigenvalue weighted by atomic mass is 79.9. The summed E-state index contributed by atoms with van der Waals surface area (Å²) >= 11 is 8.94. The first-order chi connectivity index (χ1) is 8.91. The summed E-state index contributed by atoms with van der Waals surface area (Å²) in [7, 11) is 0. The Bertz CT molecular complexity index is 631. The lowest BCUT2D eigenvalue weighted by Gasteiger charge is -2.16. The molecule has 1 atom stereocenters. The summed E-state index contributed by atoms with van der Waals surface area (Å²) in [6.45, 7) is 1.82. The van der Waals surface area contributed by atoms with Crippen LogP contribution in [0.3, 0.4) is 0 Å². The van der Waals surface area contributed by atoms with Gasteiger partial charge >= 0.3 is 0 Å². The van der Waals surface area contributed by atoms with Gasteiger partial charge in [0.25, 0.3) is 0 Å². The molecule has 0 aromatic heterocycles. The van der Waals surface area contributed by atoms with Crippen molar-refractivity contribution in [2.24, 2.45) is 5.73 Å². The molecule has 0 saturated carbocycles. The Morgan fingerprint density at radius 3 is 2.53 bits per heavy atom. The van der Waals surface area contributed by atoms with E-state index in [0.29, 0.717) is 4.47 Å². The van der Waals surface area contributed by atoms with Gasteiger partial charge in [0.1, 0.15) is 11.6 Å². The summed E-state index contributed by atoms with van der Waals surface area (Å²) in [6.07, 6.45) is 0. The predicted octanol–water partition coefficient (Wildman–Crippen LogP) is 4.74. The van der Waals surface area contributed by atoms with Gasteiger partial charge in [-0.15, -0.1) is 0 Å². The molecular formula is C14H11BrClF2N. The molecule has 0 amide bonds. The highest BCUT2D eigenvalue weighted by Gasteiger charge is 2.20. The number of halogens is 4. The van der Waals surface area contributed by atoms with Crippen LogP contribution in [-0.2, 0) is 0 Å². The van der Waals surface area contributed by atoms with Crippen LogP contribution in [0.15, 0.2) is 34.8 Å². The van der Waals surface area contributed by atoms with E-state index in [4.69, 9.17) is 17.3 Å². The van der Waals surface area contributed by atoms with E-state index < -0.39 is 17.7 Å². The highest BCUT2D eigenvalue weighted by molar-refractivity contribution is 9.10. The van der Waals surface area contributed by atoms with Crippen molar-refractivity contribution < 1.29 is 8.78 Å². The zero-order valence-electron chi connectivity index (χ0n) is 10.1. The molecule has 2 N–H and O–H groups in total. The topological polar surface area (TPSA) is 26.0 Å². The average Bonchev–Trinajstić information content (AvgIpc) is 2.38. The first kappa shape index (κ1) is 14.4. The molecule has 5 heteroatoms. The van der Waals surface area contributed by atoms with E-state index in [1.807, 2.05) is 6.92 Å². The van der Waals surface area contributed by atoms with E-state index in [-0.39, 0.29) is 16.1 Å². The molecule has 1 unspecified atom stereocenters. The van der Waals surface area contributed by atoms with Crippen molar-refractivity contribution in [3.63, 3.8) is 0 Å². The van der Waals surface area contributed by atoms with E-state index in [9.17, 15) is 8.78 Å². The normalized spacial score (nSPS) is 12.5.